The van der Waals surface area contributed by atoms with Crippen LogP contribution in [-0.4, -0.2) is 30.9 Å². The third-order valence-corrected chi connectivity index (χ3v) is 6.10. The molecule has 2 amide bonds. The number of rotatable bonds is 6. The number of hydrogen-bond donors (Lipinski definition) is 3. The van der Waals surface area contributed by atoms with Gasteiger partial charge in [0.1, 0.15) is 6.04 Å². The zero-order valence-electron chi connectivity index (χ0n) is 14.7. The molecule has 1 aliphatic heterocycles. The van der Waals surface area contributed by atoms with Crippen molar-refractivity contribution in [3.8, 4) is 0 Å². The second kappa shape index (κ2) is 7.60. The summed E-state index contributed by atoms with van der Waals surface area (Å²) in [5.41, 5.74) is 1.14. The largest absolute Gasteiger partial charge is 0.349 e. The molecule has 2 fully saturated rings. The Hall–Kier alpha value is -2.18. The van der Waals surface area contributed by atoms with Gasteiger partial charge in [-0.15, -0.1) is 11.3 Å². The van der Waals surface area contributed by atoms with Crippen molar-refractivity contribution in [1.82, 2.24) is 5.32 Å². The fourth-order valence-corrected chi connectivity index (χ4v) is 4.56. The Morgan fingerprint density at radius 2 is 1.96 bits per heavy atom. The highest BCUT2D eigenvalue weighted by molar-refractivity contribution is 7.10. The summed E-state index contributed by atoms with van der Waals surface area (Å²) in [5, 5.41) is 8.05. The Labute approximate surface area is 157 Å². The number of hydrogen-bond acceptors (Lipinski definition) is 3. The predicted molar refractivity (Wildman–Crippen MR) is 103 cm³/mol. The summed E-state index contributed by atoms with van der Waals surface area (Å²) in [5.74, 6) is -0.136. The van der Waals surface area contributed by atoms with Crippen LogP contribution >= 0.6 is 11.3 Å². The number of amides is 2. The van der Waals surface area contributed by atoms with Gasteiger partial charge in [0, 0.05) is 18.9 Å². The maximum absolute atomic E-state index is 12.6. The quantitative estimate of drug-likeness (QED) is 0.728. The monoisotopic (exact) mass is 370 g/mol. The average molecular weight is 370 g/mol. The molecule has 0 bridgehead atoms. The number of thiophene rings is 1. The summed E-state index contributed by atoms with van der Waals surface area (Å²) >= 11 is 1.77. The van der Waals surface area contributed by atoms with Crippen molar-refractivity contribution >= 4 is 28.8 Å². The molecule has 3 N–H and O–H groups in total. The van der Waals surface area contributed by atoms with Crippen LogP contribution in [0.2, 0.25) is 0 Å². The molecule has 0 spiro atoms. The number of likely N-dealkylation sites (tertiary alicyclic amines) is 1. The first kappa shape index (κ1) is 17.2. The van der Waals surface area contributed by atoms with Gasteiger partial charge in [-0.3, -0.25) is 9.59 Å². The summed E-state index contributed by atoms with van der Waals surface area (Å²) in [6.07, 6.45) is 4.36. The van der Waals surface area contributed by atoms with Gasteiger partial charge in [0.25, 0.3) is 11.8 Å². The number of carbonyl (C=O) groups is 2. The lowest BCUT2D eigenvalue weighted by Gasteiger charge is -2.20. The standard InChI is InChI=1S/C20H23N3O2S/c24-19(13-23-11-3-7-17(23)18-8-4-12-26-18)22-16-6-2-1-5-15(16)20(25)21-14-9-10-14/h1-2,4-6,8,12,14,17H,3,7,9-11,13H2,(H,21,25)(H,22,24)/p+1/t17-/m1/s1. The predicted octanol–water partition coefficient (Wildman–Crippen LogP) is 2.00. The van der Waals surface area contributed by atoms with Crippen molar-refractivity contribution in [2.45, 2.75) is 37.8 Å². The molecule has 1 aromatic heterocycles. The highest BCUT2D eigenvalue weighted by Gasteiger charge is 2.32. The molecule has 1 saturated heterocycles. The molecule has 1 saturated carbocycles. The van der Waals surface area contributed by atoms with Gasteiger partial charge >= 0.3 is 0 Å². The minimum atomic E-state index is -0.103. The van der Waals surface area contributed by atoms with Crippen LogP contribution in [0.15, 0.2) is 41.8 Å². The van der Waals surface area contributed by atoms with Gasteiger partial charge in [-0.1, -0.05) is 18.2 Å². The topological polar surface area (TPSA) is 62.6 Å². The molecule has 0 radical (unpaired) electrons. The maximum atomic E-state index is 12.6. The SMILES string of the molecule is O=C(C[NH+]1CCC[C@@H]1c1cccs1)Nc1ccccc1C(=O)NC1CC1. The van der Waals surface area contributed by atoms with E-state index < -0.39 is 0 Å². The Balaban J connectivity index is 1.41. The Kier molecular flexibility index (Phi) is 5.04. The number of nitrogens with one attached hydrogen (secondary N) is 3. The lowest BCUT2D eigenvalue weighted by Crippen LogP contribution is -3.11. The number of anilines is 1. The first-order chi connectivity index (χ1) is 12.7. The molecule has 1 aliphatic carbocycles. The molecule has 6 heteroatoms. The van der Waals surface area contributed by atoms with E-state index in [9.17, 15) is 9.59 Å². The van der Waals surface area contributed by atoms with Crippen molar-refractivity contribution < 1.29 is 14.5 Å². The van der Waals surface area contributed by atoms with Gasteiger partial charge in [-0.05, 0) is 36.4 Å². The highest BCUT2D eigenvalue weighted by atomic mass is 32.1. The normalized spacial score (nSPS) is 22.2. The van der Waals surface area contributed by atoms with E-state index in [1.807, 2.05) is 12.1 Å². The Morgan fingerprint density at radius 1 is 1.12 bits per heavy atom. The molecular weight excluding hydrogens is 346 g/mol. The van der Waals surface area contributed by atoms with E-state index in [2.05, 4.69) is 28.1 Å². The number of benzene rings is 1. The van der Waals surface area contributed by atoms with Crippen molar-refractivity contribution in [1.29, 1.82) is 0 Å². The zero-order valence-corrected chi connectivity index (χ0v) is 15.5. The van der Waals surface area contributed by atoms with E-state index in [4.69, 9.17) is 0 Å². The lowest BCUT2D eigenvalue weighted by molar-refractivity contribution is -0.910. The number of quaternary nitrogens is 1. The number of carbonyl (C=O) groups excluding carboxylic acids is 2. The van der Waals surface area contributed by atoms with E-state index in [0.717, 1.165) is 32.2 Å². The molecule has 2 heterocycles. The van der Waals surface area contributed by atoms with E-state index in [0.29, 0.717) is 29.9 Å². The van der Waals surface area contributed by atoms with Gasteiger partial charge in [-0.25, -0.2) is 0 Å². The van der Waals surface area contributed by atoms with Crippen molar-refractivity contribution in [2.24, 2.45) is 0 Å². The van der Waals surface area contributed by atoms with Crippen molar-refractivity contribution in [3.05, 3.63) is 52.2 Å². The molecule has 2 aromatic rings. The van der Waals surface area contributed by atoms with Gasteiger partial charge in [0.15, 0.2) is 6.54 Å². The third kappa shape index (κ3) is 3.97. The first-order valence-electron chi connectivity index (χ1n) is 9.28. The van der Waals surface area contributed by atoms with Crippen LogP contribution in [0.4, 0.5) is 5.69 Å². The Morgan fingerprint density at radius 3 is 2.73 bits per heavy atom. The second-order valence-corrected chi connectivity index (χ2v) is 8.12. The summed E-state index contributed by atoms with van der Waals surface area (Å²) in [7, 11) is 0. The fraction of sp³-hybridized carbons (Fsp3) is 0.400. The molecule has 136 valence electrons. The van der Waals surface area contributed by atoms with Crippen LogP contribution < -0.4 is 15.5 Å². The zero-order chi connectivity index (χ0) is 17.9. The van der Waals surface area contributed by atoms with E-state index in [1.54, 1.807) is 23.5 Å². The van der Waals surface area contributed by atoms with Crippen molar-refractivity contribution in [2.75, 3.05) is 18.4 Å². The second-order valence-electron chi connectivity index (χ2n) is 7.14. The molecule has 5 nitrogen and oxygen atoms in total. The van der Waals surface area contributed by atoms with Gasteiger partial charge in [0.2, 0.25) is 0 Å². The van der Waals surface area contributed by atoms with Gasteiger partial charge in [0.05, 0.1) is 22.7 Å². The van der Waals surface area contributed by atoms with E-state index in [1.165, 1.54) is 9.78 Å². The van der Waals surface area contributed by atoms with Crippen LogP contribution in [0, 0.1) is 0 Å². The lowest BCUT2D eigenvalue weighted by atomic mass is 10.1. The summed E-state index contributed by atoms with van der Waals surface area (Å²) in [4.78, 5) is 27.7. The minimum Gasteiger partial charge on any atom is -0.349 e. The molecule has 1 aromatic carbocycles. The summed E-state index contributed by atoms with van der Waals surface area (Å²) < 4.78 is 0. The summed E-state index contributed by atoms with van der Waals surface area (Å²) in [6.45, 7) is 1.45. The van der Waals surface area contributed by atoms with Gasteiger partial charge in [-0.2, -0.15) is 0 Å². The highest BCUT2D eigenvalue weighted by Crippen LogP contribution is 2.24. The van der Waals surface area contributed by atoms with Crippen LogP contribution in [0.3, 0.4) is 0 Å². The van der Waals surface area contributed by atoms with Crippen LogP contribution in [0.25, 0.3) is 0 Å². The average Bonchev–Trinajstić information content (AvgIpc) is 3.10. The van der Waals surface area contributed by atoms with Crippen molar-refractivity contribution in [3.63, 3.8) is 0 Å². The van der Waals surface area contributed by atoms with Crippen LogP contribution in [-0.2, 0) is 4.79 Å². The van der Waals surface area contributed by atoms with Crippen LogP contribution in [0.1, 0.15) is 47.0 Å². The third-order valence-electron chi connectivity index (χ3n) is 5.12. The van der Waals surface area contributed by atoms with Crippen LogP contribution in [0.5, 0.6) is 0 Å². The smallest absolute Gasteiger partial charge is 0.279 e. The molecule has 26 heavy (non-hydrogen) atoms. The molecule has 2 aliphatic rings. The van der Waals surface area contributed by atoms with E-state index >= 15 is 0 Å². The van der Waals surface area contributed by atoms with E-state index in [-0.39, 0.29) is 11.8 Å². The molecule has 4 rings (SSSR count). The fourth-order valence-electron chi connectivity index (χ4n) is 3.64. The Bertz CT molecular complexity index is 786. The minimum absolute atomic E-state index is 0.0323. The maximum Gasteiger partial charge on any atom is 0.279 e. The first-order valence-corrected chi connectivity index (χ1v) is 10.2. The molecular formula is C20H24N3O2S+. The molecule has 1 unspecified atom stereocenters. The number of para-hydroxylation sites is 1. The van der Waals surface area contributed by atoms with Gasteiger partial charge < -0.3 is 15.5 Å². The molecule has 2 atom stereocenters. The summed E-state index contributed by atoms with van der Waals surface area (Å²) in [6, 6.07) is 12.2.